The van der Waals surface area contributed by atoms with E-state index in [-0.39, 0.29) is 31.0 Å². The predicted octanol–water partition coefficient (Wildman–Crippen LogP) is 3.49. The molecule has 0 spiro atoms. The topological polar surface area (TPSA) is 117 Å². The summed E-state index contributed by atoms with van der Waals surface area (Å²) in [6.07, 6.45) is 2.14. The van der Waals surface area contributed by atoms with E-state index in [2.05, 4.69) is 20.7 Å². The number of amides is 1. The van der Waals surface area contributed by atoms with Crippen LogP contribution >= 0.6 is 11.6 Å². The number of carbonyl (C=O) groups excluding carboxylic acids is 1. The number of rotatable bonds is 8. The number of benzene rings is 2. The van der Waals surface area contributed by atoms with Crippen molar-refractivity contribution in [1.29, 1.82) is 0 Å². The second kappa shape index (κ2) is 8.92. The Balaban J connectivity index is 1.58. The fourth-order valence-electron chi connectivity index (χ4n) is 4.62. The maximum Gasteiger partial charge on any atom is 0.312 e. The molecular weight excluding hydrogens is 451 g/mol. The first kappa shape index (κ1) is 22.9. The van der Waals surface area contributed by atoms with Crippen LogP contribution in [0.1, 0.15) is 28.9 Å². The summed E-state index contributed by atoms with van der Waals surface area (Å²) in [5.74, 6) is -1.80. The first-order valence-corrected chi connectivity index (χ1v) is 10.6. The highest BCUT2D eigenvalue weighted by Crippen LogP contribution is 2.50. The Morgan fingerprint density at radius 2 is 1.97 bits per heavy atom. The van der Waals surface area contributed by atoms with Crippen LogP contribution < -0.4 is 5.32 Å². The number of carboxylic acids is 1. The molecule has 3 aromatic rings. The van der Waals surface area contributed by atoms with E-state index in [1.165, 1.54) is 25.4 Å². The van der Waals surface area contributed by atoms with Gasteiger partial charge in [-0.05, 0) is 48.6 Å². The molecule has 0 atom stereocenters. The molecule has 10 heteroatoms. The van der Waals surface area contributed by atoms with Crippen LogP contribution in [0.4, 0.5) is 4.39 Å². The molecule has 1 aromatic heterocycles. The minimum atomic E-state index is -1.09. The van der Waals surface area contributed by atoms with Gasteiger partial charge in [-0.3, -0.25) is 14.7 Å². The summed E-state index contributed by atoms with van der Waals surface area (Å²) in [4.78, 5) is 24.6. The number of halogens is 2. The zero-order valence-corrected chi connectivity index (χ0v) is 18.5. The number of ether oxygens (including phenoxy) is 1. The van der Waals surface area contributed by atoms with Crippen LogP contribution in [0.15, 0.2) is 48.7 Å². The smallest absolute Gasteiger partial charge is 0.312 e. The maximum atomic E-state index is 14.2. The molecule has 1 aliphatic carbocycles. The van der Waals surface area contributed by atoms with Crippen LogP contribution in [0.5, 0.6) is 0 Å². The van der Waals surface area contributed by atoms with E-state index in [1.54, 1.807) is 18.2 Å². The normalized spacial score (nSPS) is 21.9. The number of aromatic nitrogens is 3. The van der Waals surface area contributed by atoms with Crippen LogP contribution in [0, 0.1) is 11.2 Å². The Labute approximate surface area is 194 Å². The van der Waals surface area contributed by atoms with Crippen LogP contribution in [0.2, 0.25) is 5.02 Å². The number of methoxy groups -OCH3 is 1. The molecule has 0 saturated heterocycles. The van der Waals surface area contributed by atoms with E-state index in [0.717, 1.165) is 5.56 Å². The number of hydrogen-bond donors (Lipinski definition) is 3. The molecule has 8 nitrogen and oxygen atoms in total. The van der Waals surface area contributed by atoms with Crippen molar-refractivity contribution in [3.63, 3.8) is 0 Å². The maximum absolute atomic E-state index is 14.2. The molecule has 0 unspecified atom stereocenters. The summed E-state index contributed by atoms with van der Waals surface area (Å²) < 4.78 is 19.4. The zero-order chi connectivity index (χ0) is 23.6. The van der Waals surface area contributed by atoms with Gasteiger partial charge < -0.3 is 15.2 Å². The van der Waals surface area contributed by atoms with E-state index in [4.69, 9.17) is 16.3 Å². The Kier molecular flexibility index (Phi) is 6.18. The third kappa shape index (κ3) is 4.60. The lowest BCUT2D eigenvalue weighted by Gasteiger charge is -2.54. The van der Waals surface area contributed by atoms with Crippen LogP contribution in [-0.4, -0.2) is 51.6 Å². The summed E-state index contributed by atoms with van der Waals surface area (Å²) in [5, 5.41) is 22.9. The molecule has 1 aliphatic rings. The fourth-order valence-corrected chi connectivity index (χ4v) is 4.79. The minimum absolute atomic E-state index is 0.0386. The standard InChI is InChI=1S/C23H22ClFN4O4/c1-33-13-22(21(31)32)11-23(12-22,27-20(30)19-10-26-29-28-19)9-14-2-4-15(5-3-14)17-8-16(24)6-7-18(17)25/h2-8,10H,9,11-13H2,1H3,(H,27,30)(H,31,32)(H,26,28,29)/t22-,23-. The lowest BCUT2D eigenvalue weighted by Crippen LogP contribution is -2.66. The van der Waals surface area contributed by atoms with Gasteiger partial charge in [-0.25, -0.2) is 4.39 Å². The van der Waals surface area contributed by atoms with E-state index in [9.17, 15) is 19.1 Å². The first-order chi connectivity index (χ1) is 15.8. The van der Waals surface area contributed by atoms with Gasteiger partial charge in [-0.1, -0.05) is 41.1 Å². The monoisotopic (exact) mass is 472 g/mol. The number of H-pyrrole nitrogens is 1. The fraction of sp³-hybridized carbons (Fsp3) is 0.304. The lowest BCUT2D eigenvalue weighted by atomic mass is 9.55. The van der Waals surface area contributed by atoms with Gasteiger partial charge in [0.25, 0.3) is 5.91 Å². The van der Waals surface area contributed by atoms with Crippen LogP contribution in [0.25, 0.3) is 11.1 Å². The third-order valence-corrected chi connectivity index (χ3v) is 6.23. The number of nitrogens with one attached hydrogen (secondary N) is 2. The largest absolute Gasteiger partial charge is 0.481 e. The number of aliphatic carboxylic acids is 1. The summed E-state index contributed by atoms with van der Waals surface area (Å²) in [6, 6.07) is 11.6. The lowest BCUT2D eigenvalue weighted by molar-refractivity contribution is -0.167. The van der Waals surface area contributed by atoms with Crippen molar-refractivity contribution in [1.82, 2.24) is 20.7 Å². The highest BCUT2D eigenvalue weighted by Gasteiger charge is 2.60. The quantitative estimate of drug-likeness (QED) is 0.462. The first-order valence-electron chi connectivity index (χ1n) is 10.2. The molecule has 2 aromatic carbocycles. The van der Waals surface area contributed by atoms with Crippen molar-refractivity contribution in [2.45, 2.75) is 24.8 Å². The Morgan fingerprint density at radius 3 is 2.58 bits per heavy atom. The van der Waals surface area contributed by atoms with Crippen molar-refractivity contribution in [3.05, 3.63) is 70.8 Å². The SMILES string of the molecule is COC[C@]1(C(=O)O)C[C@](Cc2ccc(-c3cc(Cl)ccc3F)cc2)(NC(=O)c2c[nH]nn2)C1. The highest BCUT2D eigenvalue weighted by atomic mass is 35.5. The second-order valence-electron chi connectivity index (χ2n) is 8.46. The molecule has 0 radical (unpaired) electrons. The van der Waals surface area contributed by atoms with Gasteiger partial charge in [-0.15, -0.1) is 5.10 Å². The third-order valence-electron chi connectivity index (χ3n) is 5.99. The Morgan fingerprint density at radius 1 is 1.24 bits per heavy atom. The van der Waals surface area contributed by atoms with Gasteiger partial charge >= 0.3 is 5.97 Å². The summed E-state index contributed by atoms with van der Waals surface area (Å²) in [7, 11) is 1.45. The van der Waals surface area contributed by atoms with Crippen molar-refractivity contribution < 1.29 is 23.8 Å². The number of hydrogen-bond acceptors (Lipinski definition) is 5. The Bertz CT molecular complexity index is 1160. The predicted molar refractivity (Wildman–Crippen MR) is 118 cm³/mol. The molecule has 3 N–H and O–H groups in total. The van der Waals surface area contributed by atoms with Crippen molar-refractivity contribution in [3.8, 4) is 11.1 Å². The number of carbonyl (C=O) groups is 2. The molecule has 33 heavy (non-hydrogen) atoms. The van der Waals surface area contributed by atoms with Crippen LogP contribution in [0.3, 0.4) is 0 Å². The molecule has 4 rings (SSSR count). The average Bonchev–Trinajstić information content (AvgIpc) is 3.30. The van der Waals surface area contributed by atoms with Gasteiger partial charge in [0, 0.05) is 23.2 Å². The zero-order valence-electron chi connectivity index (χ0n) is 17.8. The van der Waals surface area contributed by atoms with Gasteiger partial charge in [0.1, 0.15) is 5.82 Å². The molecule has 1 saturated carbocycles. The van der Waals surface area contributed by atoms with Gasteiger partial charge in [0.2, 0.25) is 0 Å². The minimum Gasteiger partial charge on any atom is -0.481 e. The number of nitrogens with zero attached hydrogens (tertiary/aromatic N) is 2. The Hall–Kier alpha value is -3.30. The number of carboxylic acid groups (broad SMARTS) is 1. The van der Waals surface area contributed by atoms with E-state index < -0.39 is 22.8 Å². The molecule has 1 heterocycles. The molecule has 0 bridgehead atoms. The van der Waals surface area contributed by atoms with Gasteiger partial charge in [0.05, 0.1) is 18.2 Å². The molecule has 1 amide bonds. The van der Waals surface area contributed by atoms with Crippen molar-refractivity contribution in [2.75, 3.05) is 13.7 Å². The highest BCUT2D eigenvalue weighted by molar-refractivity contribution is 6.30. The second-order valence-corrected chi connectivity index (χ2v) is 8.90. The summed E-state index contributed by atoms with van der Waals surface area (Å²) in [5.41, 5.74) is 0.119. The molecule has 0 aliphatic heterocycles. The molecular formula is C23H22ClFN4O4. The van der Waals surface area contributed by atoms with Crippen molar-refractivity contribution >= 4 is 23.5 Å². The van der Waals surface area contributed by atoms with E-state index in [0.29, 0.717) is 22.6 Å². The molecule has 172 valence electrons. The average molecular weight is 473 g/mol. The van der Waals surface area contributed by atoms with Crippen LogP contribution in [-0.2, 0) is 16.0 Å². The van der Waals surface area contributed by atoms with E-state index in [1.807, 2.05) is 12.1 Å². The summed E-state index contributed by atoms with van der Waals surface area (Å²) >= 11 is 6.00. The summed E-state index contributed by atoms with van der Waals surface area (Å²) in [6.45, 7) is 0.0386. The van der Waals surface area contributed by atoms with Gasteiger partial charge in [-0.2, -0.15) is 0 Å². The van der Waals surface area contributed by atoms with E-state index >= 15 is 0 Å². The van der Waals surface area contributed by atoms with Crippen molar-refractivity contribution in [2.24, 2.45) is 5.41 Å². The number of aromatic amines is 1. The molecule has 1 fully saturated rings. The van der Waals surface area contributed by atoms with Gasteiger partial charge in [0.15, 0.2) is 5.69 Å².